The number of hydrogen-bond acceptors (Lipinski definition) is 5. The quantitative estimate of drug-likeness (QED) is 0.517. The number of rotatable bonds is 6. The highest BCUT2D eigenvalue weighted by atomic mass is 32.1. The Labute approximate surface area is 163 Å². The smallest absolute Gasteiger partial charge is 0.216 e. The van der Waals surface area contributed by atoms with Gasteiger partial charge in [-0.25, -0.2) is 5.10 Å². The van der Waals surface area contributed by atoms with Crippen molar-refractivity contribution in [3.05, 3.63) is 57.4 Å². The second kappa shape index (κ2) is 7.87. The van der Waals surface area contributed by atoms with Crippen molar-refractivity contribution in [2.75, 3.05) is 0 Å². The zero-order valence-electron chi connectivity index (χ0n) is 16.2. The van der Waals surface area contributed by atoms with E-state index in [2.05, 4.69) is 46.4 Å². The number of ether oxygens (including phenoxy) is 1. The second-order valence-electron chi connectivity index (χ2n) is 6.72. The number of benzene rings is 1. The maximum absolute atomic E-state index is 5.84. The van der Waals surface area contributed by atoms with Crippen LogP contribution in [0.3, 0.4) is 0 Å². The summed E-state index contributed by atoms with van der Waals surface area (Å²) in [5.41, 5.74) is 4.19. The van der Waals surface area contributed by atoms with E-state index in [0.29, 0.717) is 16.5 Å². The zero-order chi connectivity index (χ0) is 19.6. The molecule has 3 aromatic rings. The Morgan fingerprint density at radius 3 is 2.56 bits per heavy atom. The minimum absolute atomic E-state index is 0.260. The fraction of sp³-hybridized carbons (Fsp3) is 0.368. The first-order valence-electron chi connectivity index (χ1n) is 8.80. The van der Waals surface area contributed by atoms with Crippen molar-refractivity contribution >= 4 is 18.4 Å². The third-order valence-electron chi connectivity index (χ3n) is 4.50. The van der Waals surface area contributed by atoms with Crippen molar-refractivity contribution in [3.63, 3.8) is 0 Å². The van der Waals surface area contributed by atoms with Crippen molar-refractivity contribution in [2.24, 2.45) is 12.1 Å². The molecular formula is C19H24N6OS. The van der Waals surface area contributed by atoms with Gasteiger partial charge in [0.2, 0.25) is 4.77 Å². The molecule has 0 aliphatic rings. The van der Waals surface area contributed by atoms with Crippen LogP contribution in [0.15, 0.2) is 29.4 Å². The Hall–Kier alpha value is -2.74. The summed E-state index contributed by atoms with van der Waals surface area (Å²) in [5, 5.41) is 15.9. The van der Waals surface area contributed by atoms with Gasteiger partial charge in [-0.15, -0.1) is 0 Å². The minimum atomic E-state index is 0.260. The van der Waals surface area contributed by atoms with Gasteiger partial charge in [-0.1, -0.05) is 26.0 Å². The lowest BCUT2D eigenvalue weighted by Crippen LogP contribution is -2.04. The molecule has 0 spiro atoms. The molecule has 0 aliphatic heterocycles. The Morgan fingerprint density at radius 1 is 1.26 bits per heavy atom. The maximum atomic E-state index is 5.84. The highest BCUT2D eigenvalue weighted by Gasteiger charge is 2.09. The first-order valence-corrected chi connectivity index (χ1v) is 9.21. The van der Waals surface area contributed by atoms with Crippen LogP contribution in [0, 0.1) is 18.6 Å². The summed E-state index contributed by atoms with van der Waals surface area (Å²) in [7, 11) is 1.91. The third-order valence-corrected chi connectivity index (χ3v) is 4.76. The monoisotopic (exact) mass is 384 g/mol. The zero-order valence-corrected chi connectivity index (χ0v) is 17.0. The van der Waals surface area contributed by atoms with Crippen molar-refractivity contribution in [2.45, 2.75) is 40.2 Å². The summed E-state index contributed by atoms with van der Waals surface area (Å²) >= 11 is 5.29. The summed E-state index contributed by atoms with van der Waals surface area (Å²) in [6.45, 7) is 8.54. The van der Waals surface area contributed by atoms with Crippen LogP contribution in [0.1, 0.15) is 48.1 Å². The van der Waals surface area contributed by atoms with Crippen molar-refractivity contribution in [1.82, 2.24) is 24.7 Å². The maximum Gasteiger partial charge on any atom is 0.216 e. The standard InChI is InChI=1S/C19H24N6OS/c1-12(2)15-6-8-16(9-7-15)26-11-18-21-22-19(27)25(18)20-10-17-13(3)23-24(5)14(17)4/h6-10,12H,11H2,1-5H3,(H,22,27)/b20-10-. The van der Waals surface area contributed by atoms with Gasteiger partial charge in [0, 0.05) is 18.3 Å². The molecule has 0 saturated carbocycles. The van der Waals surface area contributed by atoms with Crippen molar-refractivity contribution < 1.29 is 4.74 Å². The Balaban J connectivity index is 1.76. The SMILES string of the molecule is Cc1nn(C)c(C)c1/C=N\n1c(COc2ccc(C(C)C)cc2)n[nH]c1=S. The first kappa shape index (κ1) is 19.0. The van der Waals surface area contributed by atoms with E-state index in [4.69, 9.17) is 17.0 Å². The van der Waals surface area contributed by atoms with Crippen LogP contribution in [0.25, 0.3) is 0 Å². The molecule has 142 valence electrons. The van der Waals surface area contributed by atoms with Gasteiger partial charge in [0.15, 0.2) is 5.82 Å². The fourth-order valence-electron chi connectivity index (χ4n) is 2.73. The molecule has 0 atom stereocenters. The third kappa shape index (κ3) is 4.16. The Bertz CT molecular complexity index is 1010. The van der Waals surface area contributed by atoms with Crippen LogP contribution in [0.2, 0.25) is 0 Å². The van der Waals surface area contributed by atoms with Crippen LogP contribution in [0.4, 0.5) is 0 Å². The van der Waals surface area contributed by atoms with E-state index in [1.165, 1.54) is 5.56 Å². The van der Waals surface area contributed by atoms with E-state index in [1.54, 1.807) is 10.9 Å². The summed E-state index contributed by atoms with van der Waals surface area (Å²) in [6.07, 6.45) is 1.75. The molecule has 0 saturated heterocycles. The average Bonchev–Trinajstić information content (AvgIpc) is 3.11. The highest BCUT2D eigenvalue weighted by molar-refractivity contribution is 7.71. The number of hydrogen-bond donors (Lipinski definition) is 1. The van der Waals surface area contributed by atoms with E-state index in [-0.39, 0.29) is 6.61 Å². The average molecular weight is 385 g/mol. The van der Waals surface area contributed by atoms with Gasteiger partial charge in [0.1, 0.15) is 12.4 Å². The molecule has 2 aromatic heterocycles. The van der Waals surface area contributed by atoms with Gasteiger partial charge in [0.05, 0.1) is 11.9 Å². The minimum Gasteiger partial charge on any atom is -0.486 e. The Kier molecular flexibility index (Phi) is 5.55. The largest absolute Gasteiger partial charge is 0.486 e. The number of nitrogens with one attached hydrogen (secondary N) is 1. The van der Waals surface area contributed by atoms with E-state index >= 15 is 0 Å². The van der Waals surface area contributed by atoms with Gasteiger partial charge < -0.3 is 4.74 Å². The van der Waals surface area contributed by atoms with Crippen molar-refractivity contribution in [1.29, 1.82) is 0 Å². The summed E-state index contributed by atoms with van der Waals surface area (Å²) in [6, 6.07) is 8.07. The molecule has 0 bridgehead atoms. The molecule has 0 radical (unpaired) electrons. The lowest BCUT2D eigenvalue weighted by Gasteiger charge is -2.08. The number of nitrogens with zero attached hydrogens (tertiary/aromatic N) is 5. The summed E-state index contributed by atoms with van der Waals surface area (Å²) in [4.78, 5) is 0. The molecular weight excluding hydrogens is 360 g/mol. The Morgan fingerprint density at radius 2 is 1.96 bits per heavy atom. The van der Waals surface area contributed by atoms with E-state index < -0.39 is 0 Å². The predicted octanol–water partition coefficient (Wildman–Crippen LogP) is 3.88. The molecule has 27 heavy (non-hydrogen) atoms. The predicted molar refractivity (Wildman–Crippen MR) is 108 cm³/mol. The molecule has 0 fully saturated rings. The van der Waals surface area contributed by atoms with E-state index in [0.717, 1.165) is 22.7 Å². The normalized spacial score (nSPS) is 11.6. The molecule has 2 heterocycles. The number of aryl methyl sites for hydroxylation is 2. The first-order chi connectivity index (χ1) is 12.9. The molecule has 8 heteroatoms. The molecule has 1 aromatic carbocycles. The van der Waals surface area contributed by atoms with E-state index in [9.17, 15) is 0 Å². The fourth-order valence-corrected chi connectivity index (χ4v) is 2.92. The van der Waals surface area contributed by atoms with Crippen LogP contribution < -0.4 is 4.74 Å². The van der Waals surface area contributed by atoms with Crippen LogP contribution in [0.5, 0.6) is 5.75 Å². The molecule has 0 aliphatic carbocycles. The van der Waals surface area contributed by atoms with Crippen LogP contribution in [-0.4, -0.2) is 30.9 Å². The lowest BCUT2D eigenvalue weighted by atomic mass is 10.0. The highest BCUT2D eigenvalue weighted by Crippen LogP contribution is 2.19. The van der Waals surface area contributed by atoms with Crippen molar-refractivity contribution in [3.8, 4) is 5.75 Å². The molecule has 0 unspecified atom stereocenters. The number of aromatic nitrogens is 5. The lowest BCUT2D eigenvalue weighted by molar-refractivity contribution is 0.290. The number of H-pyrrole nitrogens is 1. The van der Waals surface area contributed by atoms with E-state index in [1.807, 2.05) is 37.7 Å². The van der Waals surface area contributed by atoms with Crippen LogP contribution >= 0.6 is 12.2 Å². The van der Waals surface area contributed by atoms with Gasteiger partial charge >= 0.3 is 0 Å². The molecule has 1 N–H and O–H groups in total. The topological polar surface area (TPSA) is 73.0 Å². The summed E-state index contributed by atoms with van der Waals surface area (Å²) in [5.74, 6) is 1.87. The molecule has 0 amide bonds. The molecule has 7 nitrogen and oxygen atoms in total. The van der Waals surface area contributed by atoms with Crippen LogP contribution in [-0.2, 0) is 13.7 Å². The van der Waals surface area contributed by atoms with Gasteiger partial charge in [-0.3, -0.25) is 4.68 Å². The van der Waals surface area contributed by atoms with Gasteiger partial charge in [0.25, 0.3) is 0 Å². The number of aromatic amines is 1. The van der Waals surface area contributed by atoms with Gasteiger partial charge in [-0.05, 0) is 49.7 Å². The second-order valence-corrected chi connectivity index (χ2v) is 7.11. The van der Waals surface area contributed by atoms with Gasteiger partial charge in [-0.2, -0.15) is 20.0 Å². The summed E-state index contributed by atoms with van der Waals surface area (Å²) < 4.78 is 9.66. The molecule has 3 rings (SSSR count).